The maximum absolute atomic E-state index is 12.6. The van der Waals surface area contributed by atoms with E-state index in [4.69, 9.17) is 4.52 Å². The molecule has 252 valence electrons. The molecule has 0 bridgehead atoms. The van der Waals surface area contributed by atoms with Crippen LogP contribution in [0.1, 0.15) is 122 Å². The van der Waals surface area contributed by atoms with Crippen LogP contribution in [0.3, 0.4) is 0 Å². The molecule has 14 heteroatoms. The lowest BCUT2D eigenvalue weighted by Gasteiger charge is -2.31. The van der Waals surface area contributed by atoms with Gasteiger partial charge in [0.1, 0.15) is 15.3 Å². The van der Waals surface area contributed by atoms with E-state index in [2.05, 4.69) is 20.8 Å². The number of amides is 2. The summed E-state index contributed by atoms with van der Waals surface area (Å²) < 4.78 is 50.3. The minimum absolute atomic E-state index is 0.119. The van der Waals surface area contributed by atoms with Crippen LogP contribution in [0.5, 0.6) is 0 Å². The molecular formula is C30H52N4O7S3. The van der Waals surface area contributed by atoms with Crippen molar-refractivity contribution >= 4 is 53.8 Å². The Kier molecular flexibility index (Phi) is 11.2. The zero-order valence-electron chi connectivity index (χ0n) is 29.1. The van der Waals surface area contributed by atoms with Crippen LogP contribution >= 0.6 is 11.3 Å². The minimum Gasteiger partial charge on any atom is -0.359 e. The quantitative estimate of drug-likeness (QED) is 0.358. The Morgan fingerprint density at radius 2 is 1.09 bits per heavy atom. The number of nitrogens with one attached hydrogen (secondary N) is 2. The average Bonchev–Trinajstić information content (AvgIpc) is 3.47. The van der Waals surface area contributed by atoms with E-state index in [-0.39, 0.29) is 16.6 Å². The smallest absolute Gasteiger partial charge is 0.247 e. The topological polar surface area (TPSA) is 165 Å². The molecule has 44 heavy (non-hydrogen) atoms. The summed E-state index contributed by atoms with van der Waals surface area (Å²) in [5, 5.41) is 11.2. The summed E-state index contributed by atoms with van der Waals surface area (Å²) in [6, 6.07) is 1.61. The number of thiazole rings is 1. The van der Waals surface area contributed by atoms with E-state index < -0.39 is 50.5 Å². The fourth-order valence-electron chi connectivity index (χ4n) is 3.65. The second-order valence-electron chi connectivity index (χ2n) is 15.8. The van der Waals surface area contributed by atoms with Gasteiger partial charge in [0, 0.05) is 22.3 Å². The van der Waals surface area contributed by atoms with E-state index in [1.807, 2.05) is 46.9 Å². The number of nitrogens with zero attached hydrogens (tertiary/aromatic N) is 2. The Hall–Kier alpha value is -2.32. The second kappa shape index (κ2) is 12.5. The molecule has 2 aromatic heterocycles. The van der Waals surface area contributed by atoms with E-state index in [0.717, 1.165) is 5.69 Å². The van der Waals surface area contributed by atoms with Gasteiger partial charge in [-0.05, 0) is 69.2 Å². The highest BCUT2D eigenvalue weighted by Gasteiger charge is 2.49. The number of hydrogen-bond donors (Lipinski definition) is 2. The lowest BCUT2D eigenvalue weighted by Crippen LogP contribution is -2.51. The molecule has 0 fully saturated rings. The van der Waals surface area contributed by atoms with Crippen molar-refractivity contribution < 1.29 is 30.9 Å². The number of rotatable bonds is 6. The molecule has 11 nitrogen and oxygen atoms in total. The van der Waals surface area contributed by atoms with Crippen molar-refractivity contribution in [1.82, 2.24) is 10.1 Å². The standard InChI is InChI=1S/C15H26N2O4S.C15H26N2O3S2/c1-13(2,3)10-9-11(17-21-10)16-12(18)15(7,8)22(19,20)14(4,5)6;1-13(2,3)10-9-21-12(16-10)17-11(18)15(7,8)22(19,20)14(4,5)6/h2*9H,1-8H3,(H,16,17,18). The largest absolute Gasteiger partial charge is 0.359 e. The van der Waals surface area contributed by atoms with Crippen LogP contribution in [0.15, 0.2) is 16.0 Å². The third kappa shape index (κ3) is 8.48. The molecule has 2 amide bonds. The Labute approximate surface area is 268 Å². The van der Waals surface area contributed by atoms with Gasteiger partial charge in [0.15, 0.2) is 30.6 Å². The number of hydrogen-bond acceptors (Lipinski definition) is 10. The van der Waals surface area contributed by atoms with E-state index in [1.54, 1.807) is 47.6 Å². The Balaban J connectivity index is 0.000000440. The molecule has 0 spiro atoms. The summed E-state index contributed by atoms with van der Waals surface area (Å²) in [4.78, 5) is 29.2. The number of carbonyl (C=O) groups excluding carboxylic acids is 2. The first-order valence-electron chi connectivity index (χ1n) is 14.3. The fraction of sp³-hybridized carbons (Fsp3) is 0.733. The highest BCUT2D eigenvalue weighted by Crippen LogP contribution is 2.33. The summed E-state index contributed by atoms with van der Waals surface area (Å²) in [5.74, 6) is -0.361. The Morgan fingerprint density at radius 1 is 0.682 bits per heavy atom. The van der Waals surface area contributed by atoms with Crippen molar-refractivity contribution in [3.05, 3.63) is 22.9 Å². The highest BCUT2D eigenvalue weighted by atomic mass is 32.2. The molecule has 0 aliphatic heterocycles. The number of carbonyl (C=O) groups is 2. The zero-order chi connectivity index (χ0) is 35.1. The lowest BCUT2D eigenvalue weighted by atomic mass is 9.93. The molecule has 2 aromatic rings. The van der Waals surface area contributed by atoms with E-state index in [1.165, 1.54) is 39.0 Å². The van der Waals surface area contributed by atoms with Gasteiger partial charge in [-0.2, -0.15) is 0 Å². The van der Waals surface area contributed by atoms with Crippen LogP contribution in [-0.4, -0.2) is 57.8 Å². The van der Waals surface area contributed by atoms with Crippen molar-refractivity contribution in [2.24, 2.45) is 0 Å². The predicted molar refractivity (Wildman–Crippen MR) is 179 cm³/mol. The molecule has 2 N–H and O–H groups in total. The van der Waals surface area contributed by atoms with Crippen molar-refractivity contribution in [2.75, 3.05) is 10.6 Å². The molecule has 0 radical (unpaired) electrons. The molecule has 0 saturated heterocycles. The van der Waals surface area contributed by atoms with Gasteiger partial charge in [-0.15, -0.1) is 11.3 Å². The summed E-state index contributed by atoms with van der Waals surface area (Å²) >= 11 is 1.30. The van der Waals surface area contributed by atoms with Crippen LogP contribution in [0.2, 0.25) is 0 Å². The molecule has 0 saturated carbocycles. The van der Waals surface area contributed by atoms with Crippen LogP contribution in [-0.2, 0) is 40.1 Å². The van der Waals surface area contributed by atoms with Crippen molar-refractivity contribution in [3.63, 3.8) is 0 Å². The summed E-state index contributed by atoms with van der Waals surface area (Å²) in [7, 11) is -7.34. The average molecular weight is 677 g/mol. The maximum Gasteiger partial charge on any atom is 0.247 e. The zero-order valence-corrected chi connectivity index (χ0v) is 31.6. The van der Waals surface area contributed by atoms with Gasteiger partial charge in [-0.25, -0.2) is 21.8 Å². The summed E-state index contributed by atoms with van der Waals surface area (Å²) in [6.45, 7) is 27.1. The minimum atomic E-state index is -3.69. The van der Waals surface area contributed by atoms with Crippen molar-refractivity contribution in [3.8, 4) is 0 Å². The van der Waals surface area contributed by atoms with Gasteiger partial charge < -0.3 is 15.2 Å². The lowest BCUT2D eigenvalue weighted by molar-refractivity contribution is -0.118. The van der Waals surface area contributed by atoms with Crippen molar-refractivity contribution in [1.29, 1.82) is 0 Å². The molecule has 0 unspecified atom stereocenters. The molecule has 0 aromatic carbocycles. The first-order valence-corrected chi connectivity index (χ1v) is 18.1. The van der Waals surface area contributed by atoms with E-state index >= 15 is 0 Å². The third-order valence-corrected chi connectivity index (χ3v) is 14.1. The van der Waals surface area contributed by atoms with Crippen LogP contribution < -0.4 is 10.6 Å². The van der Waals surface area contributed by atoms with Gasteiger partial charge in [-0.3, -0.25) is 9.59 Å². The summed E-state index contributed by atoms with van der Waals surface area (Å²) in [5.41, 5.74) is 0.499. The third-order valence-electron chi connectivity index (χ3n) is 7.03. The first-order chi connectivity index (χ1) is 19.2. The van der Waals surface area contributed by atoms with Crippen LogP contribution in [0.25, 0.3) is 0 Å². The molecule has 2 heterocycles. The molecular weight excluding hydrogens is 625 g/mol. The number of sulfone groups is 2. The monoisotopic (exact) mass is 676 g/mol. The molecule has 0 aliphatic carbocycles. The second-order valence-corrected chi connectivity index (χ2v) is 23.1. The summed E-state index contributed by atoms with van der Waals surface area (Å²) in [6.07, 6.45) is 0. The van der Waals surface area contributed by atoms with Gasteiger partial charge >= 0.3 is 0 Å². The highest BCUT2D eigenvalue weighted by molar-refractivity contribution is 7.95. The predicted octanol–water partition coefficient (Wildman–Crippen LogP) is 6.27. The van der Waals surface area contributed by atoms with Crippen molar-refractivity contribution in [2.45, 2.75) is 141 Å². The van der Waals surface area contributed by atoms with Crippen LogP contribution in [0.4, 0.5) is 10.9 Å². The van der Waals surface area contributed by atoms with Gasteiger partial charge in [0.05, 0.1) is 15.2 Å². The van der Waals surface area contributed by atoms with Gasteiger partial charge in [-0.1, -0.05) is 46.7 Å². The van der Waals surface area contributed by atoms with Crippen LogP contribution in [0, 0.1) is 0 Å². The fourth-order valence-corrected chi connectivity index (χ4v) is 8.24. The van der Waals surface area contributed by atoms with E-state index in [9.17, 15) is 26.4 Å². The Morgan fingerprint density at radius 3 is 1.41 bits per heavy atom. The SMILES string of the molecule is CC(C)(C)c1cc(NC(=O)C(C)(C)S(=O)(=O)C(C)(C)C)no1.CC(C)(C)c1csc(NC(=O)C(C)(C)S(=O)(=O)C(C)(C)C)n1. The van der Waals surface area contributed by atoms with Gasteiger partial charge in [0.25, 0.3) is 0 Å². The molecule has 2 rings (SSSR count). The number of aromatic nitrogens is 2. The number of anilines is 2. The first kappa shape index (κ1) is 39.7. The molecule has 0 atom stereocenters. The molecule has 0 aliphatic rings. The maximum atomic E-state index is 12.6. The van der Waals surface area contributed by atoms with Gasteiger partial charge in [0.2, 0.25) is 11.8 Å². The van der Waals surface area contributed by atoms with E-state index in [0.29, 0.717) is 10.9 Å². The normalized spacial score (nSPS) is 14.0. The Bertz CT molecular complexity index is 1440.